The Morgan fingerprint density at radius 2 is 1.48 bits per heavy atom. The second-order valence-electron chi connectivity index (χ2n) is 4.17. The molecule has 0 aromatic heterocycles. The monoisotopic (exact) mass is 340 g/mol. The molecule has 0 aliphatic heterocycles. The van der Waals surface area contributed by atoms with Crippen molar-refractivity contribution in [1.82, 2.24) is 0 Å². The molecule has 0 fully saturated rings. The van der Waals surface area contributed by atoms with Crippen molar-refractivity contribution in [2.45, 2.75) is 23.9 Å². The van der Waals surface area contributed by atoms with E-state index in [1.54, 1.807) is 0 Å². The molecule has 21 heavy (non-hydrogen) atoms. The van der Waals surface area contributed by atoms with Crippen molar-refractivity contribution in [3.8, 4) is 0 Å². The van der Waals surface area contributed by atoms with E-state index in [0.717, 1.165) is 12.1 Å². The van der Waals surface area contributed by atoms with Crippen molar-refractivity contribution in [1.29, 1.82) is 0 Å². The van der Waals surface area contributed by atoms with Crippen LogP contribution in [0.15, 0.2) is 24.3 Å². The third-order valence-electron chi connectivity index (χ3n) is 2.74. The second-order valence-corrected chi connectivity index (χ2v) is 6.03. The van der Waals surface area contributed by atoms with Crippen molar-refractivity contribution in [2.75, 3.05) is 0 Å². The third kappa shape index (κ3) is 3.38. The molecule has 0 heterocycles. The maximum absolute atomic E-state index is 13.5. The largest absolute Gasteiger partial charge is 0.410 e. The van der Waals surface area contributed by atoms with Gasteiger partial charge in [0.25, 0.3) is 0 Å². The van der Waals surface area contributed by atoms with Gasteiger partial charge in [-0.1, -0.05) is 18.2 Å². The summed E-state index contributed by atoms with van der Waals surface area (Å²) in [6, 6.07) is 2.30. The summed E-state index contributed by atoms with van der Waals surface area (Å²) in [5.41, 5.74) is -1.75. The predicted octanol–water partition coefficient (Wildman–Crippen LogP) is 3.71. The minimum atomic E-state index is -6.46. The first-order valence-electron chi connectivity index (χ1n) is 5.16. The number of benzene rings is 1. The van der Waals surface area contributed by atoms with Gasteiger partial charge < -0.3 is 9.79 Å². The average Bonchev–Trinajstić information content (AvgIpc) is 2.22. The maximum atomic E-state index is 13.5. The molecule has 1 rings (SSSR count). The Morgan fingerprint density at radius 1 is 1.00 bits per heavy atom. The lowest BCUT2D eigenvalue weighted by Gasteiger charge is -2.37. The molecule has 0 bridgehead atoms. The van der Waals surface area contributed by atoms with Gasteiger partial charge in [0.1, 0.15) is 5.82 Å². The first-order chi connectivity index (χ1) is 9.22. The van der Waals surface area contributed by atoms with E-state index >= 15 is 0 Å². The summed E-state index contributed by atoms with van der Waals surface area (Å²) in [6.07, 6.45) is -14.5. The van der Waals surface area contributed by atoms with Crippen molar-refractivity contribution in [2.24, 2.45) is 0 Å². The average molecular weight is 340 g/mol. The van der Waals surface area contributed by atoms with E-state index in [2.05, 4.69) is 0 Å². The van der Waals surface area contributed by atoms with Gasteiger partial charge in [0.15, 0.2) is 0 Å². The molecule has 0 amide bonds. The fraction of sp³-hybridized carbons (Fsp3) is 0.400. The molecule has 0 radical (unpaired) electrons. The lowest BCUT2D eigenvalue weighted by molar-refractivity contribution is -0.215. The van der Waals surface area contributed by atoms with Crippen LogP contribution in [-0.4, -0.2) is 22.1 Å². The minimum Gasteiger partial charge on any atom is -0.324 e. The standard InChI is InChI=1S/C10H8F7O3P/c11-7-4-2-1-3-6(7)8(10(15,16)17,21(18,19)20)5-9(12,13)14/h1-4H,5H2,(H2,18,19,20). The van der Waals surface area contributed by atoms with Crippen LogP contribution < -0.4 is 0 Å². The van der Waals surface area contributed by atoms with E-state index < -0.39 is 42.9 Å². The van der Waals surface area contributed by atoms with Crippen LogP contribution in [0, 0.1) is 5.82 Å². The van der Waals surface area contributed by atoms with E-state index in [0.29, 0.717) is 6.07 Å². The summed E-state index contributed by atoms with van der Waals surface area (Å²) in [7, 11) is -6.46. The van der Waals surface area contributed by atoms with Crippen LogP contribution in [0.5, 0.6) is 0 Å². The van der Waals surface area contributed by atoms with Crippen molar-refractivity contribution in [3.05, 3.63) is 35.6 Å². The van der Waals surface area contributed by atoms with Crippen LogP contribution in [0.3, 0.4) is 0 Å². The smallest absolute Gasteiger partial charge is 0.324 e. The highest BCUT2D eigenvalue weighted by molar-refractivity contribution is 7.53. The quantitative estimate of drug-likeness (QED) is 0.651. The van der Waals surface area contributed by atoms with Gasteiger partial charge in [-0.2, -0.15) is 26.3 Å². The number of halogens is 7. The maximum Gasteiger partial charge on any atom is 0.410 e. The van der Waals surface area contributed by atoms with Gasteiger partial charge in [0.2, 0.25) is 5.16 Å². The summed E-state index contributed by atoms with van der Waals surface area (Å²) in [5, 5.41) is -4.69. The zero-order valence-corrected chi connectivity index (χ0v) is 10.8. The molecule has 120 valence electrons. The summed E-state index contributed by atoms with van der Waals surface area (Å²) in [4.78, 5) is 17.9. The molecule has 3 nitrogen and oxygen atoms in total. The van der Waals surface area contributed by atoms with E-state index in [-0.39, 0.29) is 6.07 Å². The van der Waals surface area contributed by atoms with Crippen LogP contribution in [0.2, 0.25) is 0 Å². The first kappa shape index (κ1) is 17.9. The van der Waals surface area contributed by atoms with Crippen LogP contribution >= 0.6 is 7.60 Å². The lowest BCUT2D eigenvalue weighted by Crippen LogP contribution is -2.46. The molecule has 0 spiro atoms. The van der Waals surface area contributed by atoms with Gasteiger partial charge in [0.05, 0.1) is 6.42 Å². The molecule has 1 unspecified atom stereocenters. The molecule has 1 aromatic rings. The first-order valence-corrected chi connectivity index (χ1v) is 6.78. The topological polar surface area (TPSA) is 57.5 Å². The zero-order chi connectivity index (χ0) is 16.7. The van der Waals surface area contributed by atoms with Gasteiger partial charge >= 0.3 is 19.9 Å². The number of rotatable bonds is 3. The molecule has 1 atom stereocenters. The van der Waals surface area contributed by atoms with Crippen molar-refractivity contribution in [3.63, 3.8) is 0 Å². The molecule has 11 heteroatoms. The highest BCUT2D eigenvalue weighted by Gasteiger charge is 2.71. The van der Waals surface area contributed by atoms with Gasteiger partial charge in [0, 0.05) is 5.56 Å². The van der Waals surface area contributed by atoms with Crippen molar-refractivity contribution < 1.29 is 45.1 Å². The fourth-order valence-electron chi connectivity index (χ4n) is 1.86. The van der Waals surface area contributed by atoms with Gasteiger partial charge in [-0.25, -0.2) is 4.39 Å². The summed E-state index contributed by atoms with van der Waals surface area (Å²) in [6.45, 7) is 0. The zero-order valence-electron chi connectivity index (χ0n) is 9.91. The molecule has 0 aliphatic carbocycles. The summed E-state index contributed by atoms with van der Waals surface area (Å²) >= 11 is 0. The highest BCUT2D eigenvalue weighted by atomic mass is 31.2. The van der Waals surface area contributed by atoms with E-state index in [9.17, 15) is 35.3 Å². The Bertz CT molecular complexity index is 563. The van der Waals surface area contributed by atoms with E-state index in [1.807, 2.05) is 0 Å². The van der Waals surface area contributed by atoms with Crippen LogP contribution in [-0.2, 0) is 9.72 Å². The van der Waals surface area contributed by atoms with Gasteiger partial charge in [-0.15, -0.1) is 0 Å². The van der Waals surface area contributed by atoms with Gasteiger partial charge in [-0.3, -0.25) is 4.57 Å². The molecule has 2 N–H and O–H groups in total. The second kappa shape index (κ2) is 5.26. The highest BCUT2D eigenvalue weighted by Crippen LogP contribution is 2.68. The Balaban J connectivity index is 3.78. The molecular formula is C10H8F7O3P. The Hall–Kier alpha value is -1.12. The minimum absolute atomic E-state index is 0.271. The fourth-order valence-corrected chi connectivity index (χ4v) is 3.07. The summed E-state index contributed by atoms with van der Waals surface area (Å²) in [5.74, 6) is -1.79. The van der Waals surface area contributed by atoms with E-state index in [4.69, 9.17) is 9.79 Å². The third-order valence-corrected chi connectivity index (χ3v) is 4.39. The Kier molecular flexibility index (Phi) is 4.49. The van der Waals surface area contributed by atoms with E-state index in [1.165, 1.54) is 0 Å². The number of alkyl halides is 6. The van der Waals surface area contributed by atoms with Crippen LogP contribution in [0.4, 0.5) is 30.7 Å². The predicted molar refractivity (Wildman–Crippen MR) is 56.8 cm³/mol. The molecule has 1 aromatic carbocycles. The Labute approximate surface area is 113 Å². The van der Waals surface area contributed by atoms with Crippen molar-refractivity contribution >= 4 is 7.60 Å². The molecular weight excluding hydrogens is 332 g/mol. The lowest BCUT2D eigenvalue weighted by atomic mass is 9.93. The normalized spacial score (nSPS) is 16.6. The SMILES string of the molecule is O=P(O)(O)C(CC(F)(F)F)(c1ccccc1F)C(F)(F)F. The molecule has 0 aliphatic rings. The number of hydrogen-bond donors (Lipinski definition) is 2. The molecule has 0 saturated carbocycles. The van der Waals surface area contributed by atoms with Crippen LogP contribution in [0.25, 0.3) is 0 Å². The van der Waals surface area contributed by atoms with Crippen LogP contribution in [0.1, 0.15) is 12.0 Å². The molecule has 0 saturated heterocycles. The number of hydrogen-bond acceptors (Lipinski definition) is 1. The summed E-state index contributed by atoms with van der Waals surface area (Å²) < 4.78 is 101. The van der Waals surface area contributed by atoms with Gasteiger partial charge in [-0.05, 0) is 6.07 Å². The Morgan fingerprint density at radius 3 is 1.81 bits per heavy atom.